The zero-order valence-corrected chi connectivity index (χ0v) is 16.9. The van der Waals surface area contributed by atoms with Crippen LogP contribution in [0.15, 0.2) is 17.1 Å². The number of H-pyrrole nitrogens is 1. The highest BCUT2D eigenvalue weighted by Crippen LogP contribution is 2.29. The maximum Gasteiger partial charge on any atom is 0.279 e. The van der Waals surface area contributed by atoms with Crippen LogP contribution in [0.3, 0.4) is 0 Å². The second kappa shape index (κ2) is 7.58. The van der Waals surface area contributed by atoms with Crippen LogP contribution in [-0.2, 0) is 23.5 Å². The summed E-state index contributed by atoms with van der Waals surface area (Å²) >= 11 is 0. The van der Waals surface area contributed by atoms with E-state index in [4.69, 9.17) is 4.74 Å². The summed E-state index contributed by atoms with van der Waals surface area (Å²) in [6, 6.07) is 1.53. The van der Waals surface area contributed by atoms with E-state index in [0.717, 1.165) is 24.8 Å². The number of nitrogens with one attached hydrogen (secondary N) is 2. The number of rotatable bonds is 7. The third-order valence-corrected chi connectivity index (χ3v) is 4.59. The molecule has 0 fully saturated rings. The Kier molecular flexibility index (Phi) is 5.36. The summed E-state index contributed by atoms with van der Waals surface area (Å²) < 4.78 is 32.7. The average Bonchev–Trinajstić information content (AvgIpc) is 2.92. The van der Waals surface area contributed by atoms with E-state index in [2.05, 4.69) is 24.8 Å². The Morgan fingerprint density at radius 1 is 1.29 bits per heavy atom. The van der Waals surface area contributed by atoms with Gasteiger partial charge < -0.3 is 9.72 Å². The van der Waals surface area contributed by atoms with Crippen LogP contribution in [0.5, 0.6) is 5.88 Å². The van der Waals surface area contributed by atoms with Gasteiger partial charge in [-0.15, -0.1) is 0 Å². The molecule has 0 aliphatic heterocycles. The molecule has 0 aliphatic rings. The van der Waals surface area contributed by atoms with Crippen molar-refractivity contribution in [1.29, 1.82) is 0 Å². The Hall–Kier alpha value is -2.95. The minimum Gasteiger partial charge on any atom is -0.477 e. The zero-order valence-electron chi connectivity index (χ0n) is 16.1. The van der Waals surface area contributed by atoms with Gasteiger partial charge in [0.1, 0.15) is 11.3 Å². The molecule has 0 amide bonds. The maximum absolute atomic E-state index is 12.6. The van der Waals surface area contributed by atoms with Crippen LogP contribution >= 0.6 is 0 Å². The molecule has 0 bridgehead atoms. The van der Waals surface area contributed by atoms with Crippen LogP contribution in [0.4, 0.5) is 5.69 Å². The number of hydrogen-bond donors (Lipinski definition) is 2. The molecular formula is C17H22N6O4S. The largest absolute Gasteiger partial charge is 0.477 e. The van der Waals surface area contributed by atoms with E-state index >= 15 is 0 Å². The molecule has 0 radical (unpaired) electrons. The fraction of sp³-hybridized carbons (Fsp3) is 0.412. The van der Waals surface area contributed by atoms with E-state index in [9.17, 15) is 13.2 Å². The third-order valence-electron chi connectivity index (χ3n) is 3.99. The van der Waals surface area contributed by atoms with Gasteiger partial charge in [-0.25, -0.2) is 18.4 Å². The summed E-state index contributed by atoms with van der Waals surface area (Å²) in [5, 5.41) is 4.26. The van der Waals surface area contributed by atoms with Crippen molar-refractivity contribution in [3.05, 3.63) is 28.3 Å². The Bertz CT molecular complexity index is 1180. The van der Waals surface area contributed by atoms with Crippen LogP contribution in [0.2, 0.25) is 0 Å². The Morgan fingerprint density at radius 2 is 2.04 bits per heavy atom. The van der Waals surface area contributed by atoms with E-state index in [1.807, 2.05) is 6.92 Å². The number of aromatic amines is 1. The first kappa shape index (κ1) is 19.8. The van der Waals surface area contributed by atoms with Crippen LogP contribution in [0.1, 0.15) is 26.0 Å². The van der Waals surface area contributed by atoms with Crippen molar-refractivity contribution in [3.8, 4) is 17.3 Å². The number of pyridine rings is 1. The van der Waals surface area contributed by atoms with E-state index in [1.165, 1.54) is 12.3 Å². The van der Waals surface area contributed by atoms with Gasteiger partial charge in [0.15, 0.2) is 5.52 Å². The minimum atomic E-state index is -3.49. The molecule has 150 valence electrons. The smallest absolute Gasteiger partial charge is 0.279 e. The van der Waals surface area contributed by atoms with Gasteiger partial charge in [-0.3, -0.25) is 14.2 Å². The quantitative estimate of drug-likeness (QED) is 0.607. The molecule has 3 aromatic heterocycles. The summed E-state index contributed by atoms with van der Waals surface area (Å²) in [5.74, 6) is 0.473. The van der Waals surface area contributed by atoms with Crippen molar-refractivity contribution < 1.29 is 13.2 Å². The van der Waals surface area contributed by atoms with Crippen molar-refractivity contribution in [2.24, 2.45) is 7.05 Å². The monoisotopic (exact) mass is 406 g/mol. The van der Waals surface area contributed by atoms with Gasteiger partial charge in [0, 0.05) is 7.05 Å². The number of nitrogens with zero attached hydrogens (tertiary/aromatic N) is 4. The number of aryl methyl sites for hydroxylation is 2. The Labute approximate surface area is 162 Å². The zero-order chi connectivity index (χ0) is 20.5. The lowest BCUT2D eigenvalue weighted by atomic mass is 10.2. The van der Waals surface area contributed by atoms with Gasteiger partial charge in [0.2, 0.25) is 15.9 Å². The molecular weight excluding hydrogens is 384 g/mol. The molecule has 0 saturated heterocycles. The lowest BCUT2D eigenvalue weighted by Gasteiger charge is -2.11. The molecule has 0 unspecified atom stereocenters. The number of anilines is 1. The average molecular weight is 406 g/mol. The molecule has 0 aromatic carbocycles. The summed E-state index contributed by atoms with van der Waals surface area (Å²) in [4.78, 5) is 24.0. The first-order chi connectivity index (χ1) is 13.2. The number of fused-ring (bicyclic) bond motifs is 1. The van der Waals surface area contributed by atoms with Crippen LogP contribution in [-0.4, -0.2) is 46.0 Å². The lowest BCUT2D eigenvalue weighted by molar-refractivity contribution is 0.328. The molecule has 0 saturated carbocycles. The first-order valence-electron chi connectivity index (χ1n) is 8.80. The van der Waals surface area contributed by atoms with Crippen LogP contribution in [0, 0.1) is 0 Å². The second-order valence-electron chi connectivity index (χ2n) is 6.32. The van der Waals surface area contributed by atoms with Crippen molar-refractivity contribution in [2.45, 2.75) is 26.7 Å². The lowest BCUT2D eigenvalue weighted by Crippen LogP contribution is -2.12. The predicted octanol–water partition coefficient (Wildman–Crippen LogP) is 1.44. The van der Waals surface area contributed by atoms with E-state index in [0.29, 0.717) is 17.7 Å². The van der Waals surface area contributed by atoms with Crippen LogP contribution in [0.25, 0.3) is 22.4 Å². The molecule has 3 heterocycles. The van der Waals surface area contributed by atoms with Crippen molar-refractivity contribution in [2.75, 3.05) is 17.6 Å². The second-order valence-corrected chi connectivity index (χ2v) is 8.06. The normalized spacial score (nSPS) is 11.7. The molecule has 3 rings (SSSR count). The van der Waals surface area contributed by atoms with Gasteiger partial charge in [0.25, 0.3) is 5.56 Å². The van der Waals surface area contributed by atoms with Crippen LogP contribution < -0.4 is 15.0 Å². The molecule has 11 heteroatoms. The molecule has 0 spiro atoms. The van der Waals surface area contributed by atoms with Crippen molar-refractivity contribution in [3.63, 3.8) is 0 Å². The minimum absolute atomic E-state index is 0.232. The molecule has 28 heavy (non-hydrogen) atoms. The summed E-state index contributed by atoms with van der Waals surface area (Å²) in [6.07, 6.45) is 3.98. The molecule has 2 N–H and O–H groups in total. The van der Waals surface area contributed by atoms with E-state index in [-0.39, 0.29) is 28.5 Å². The number of sulfonamides is 1. The van der Waals surface area contributed by atoms with Gasteiger partial charge >= 0.3 is 0 Å². The highest BCUT2D eigenvalue weighted by molar-refractivity contribution is 7.92. The Balaban J connectivity index is 2.23. The number of hydrogen-bond acceptors (Lipinski definition) is 7. The maximum atomic E-state index is 12.6. The molecule has 0 atom stereocenters. The first-order valence-corrected chi connectivity index (χ1v) is 10.7. The van der Waals surface area contributed by atoms with Crippen molar-refractivity contribution >= 4 is 26.7 Å². The third kappa shape index (κ3) is 3.98. The fourth-order valence-corrected chi connectivity index (χ4v) is 3.45. The highest BCUT2D eigenvalue weighted by atomic mass is 32.2. The Morgan fingerprint density at radius 3 is 2.68 bits per heavy atom. The van der Waals surface area contributed by atoms with E-state index in [1.54, 1.807) is 18.7 Å². The number of aromatic nitrogens is 5. The standard InChI is InChI=1S/C17H22N6O4S/c1-5-7-12-13-14(21-23(12)3)16(24)20-15(19-13)11-8-10(22-28(4,25)26)9-18-17(11)27-6-2/h8-9,22H,5-7H2,1-4H3,(H,19,20,24). The van der Waals surface area contributed by atoms with Gasteiger partial charge in [-0.05, 0) is 19.4 Å². The van der Waals surface area contributed by atoms with E-state index < -0.39 is 10.0 Å². The van der Waals surface area contributed by atoms with Gasteiger partial charge in [-0.1, -0.05) is 13.3 Å². The molecule has 3 aromatic rings. The SMILES string of the molecule is CCCc1c2nc(-c3cc(NS(C)(=O)=O)cnc3OCC)[nH]c(=O)c2nn1C. The summed E-state index contributed by atoms with van der Waals surface area (Å²) in [7, 11) is -1.72. The van der Waals surface area contributed by atoms with Gasteiger partial charge in [-0.2, -0.15) is 5.10 Å². The topological polar surface area (TPSA) is 132 Å². The highest BCUT2D eigenvalue weighted by Gasteiger charge is 2.18. The van der Waals surface area contributed by atoms with Crippen molar-refractivity contribution in [1.82, 2.24) is 24.7 Å². The predicted molar refractivity (Wildman–Crippen MR) is 106 cm³/mol. The number of ether oxygens (including phenoxy) is 1. The molecule has 10 nitrogen and oxygen atoms in total. The summed E-state index contributed by atoms with van der Waals surface area (Å²) in [6.45, 7) is 4.18. The van der Waals surface area contributed by atoms with Gasteiger partial charge in [0.05, 0.1) is 36.0 Å². The fourth-order valence-electron chi connectivity index (χ4n) is 2.91. The summed E-state index contributed by atoms with van der Waals surface area (Å²) in [5.41, 5.74) is 1.84. The molecule has 0 aliphatic carbocycles.